The van der Waals surface area contributed by atoms with E-state index in [9.17, 15) is 0 Å². The molecule has 2 aromatic heterocycles. The van der Waals surface area contributed by atoms with Crippen LogP contribution in [0.25, 0.3) is 99.9 Å². The molecule has 0 radical (unpaired) electrons. The summed E-state index contributed by atoms with van der Waals surface area (Å²) in [5.74, 6) is 1.90. The lowest BCUT2D eigenvalue weighted by Crippen LogP contribution is -2.01. The van der Waals surface area contributed by atoms with E-state index in [0.717, 1.165) is 60.4 Å². The molecule has 7 aromatic carbocycles. The Morgan fingerprint density at radius 3 is 1.91 bits per heavy atom. The van der Waals surface area contributed by atoms with Gasteiger partial charge >= 0.3 is 0 Å². The van der Waals surface area contributed by atoms with Crippen molar-refractivity contribution in [3.63, 3.8) is 0 Å². The highest BCUT2D eigenvalue weighted by Crippen LogP contribution is 2.55. The maximum Gasteiger partial charge on any atom is 0.165 e. The van der Waals surface area contributed by atoms with E-state index >= 15 is 0 Å². The quantitative estimate of drug-likeness (QED) is 0.211. The molecule has 45 heavy (non-hydrogen) atoms. The first-order chi connectivity index (χ1) is 22.3. The molecule has 0 aliphatic heterocycles. The molecule has 0 saturated heterocycles. The van der Waals surface area contributed by atoms with Gasteiger partial charge in [-0.25, -0.2) is 15.0 Å². The van der Waals surface area contributed by atoms with Crippen LogP contribution in [0, 0.1) is 0 Å². The lowest BCUT2D eigenvalue weighted by atomic mass is 9.93. The zero-order valence-electron chi connectivity index (χ0n) is 24.0. The van der Waals surface area contributed by atoms with Crippen molar-refractivity contribution in [2.24, 2.45) is 0 Å². The molecule has 0 fully saturated rings. The van der Waals surface area contributed by atoms with Crippen LogP contribution in [0.2, 0.25) is 0 Å². The largest absolute Gasteiger partial charge is 0.455 e. The lowest BCUT2D eigenvalue weighted by molar-refractivity contribution is 0.670. The normalized spacial score (nSPS) is 12.0. The number of fused-ring (bicyclic) bond motifs is 8. The molecule has 208 valence electrons. The van der Waals surface area contributed by atoms with E-state index in [0.29, 0.717) is 17.5 Å². The van der Waals surface area contributed by atoms with Crippen LogP contribution in [0.4, 0.5) is 0 Å². The van der Waals surface area contributed by atoms with Gasteiger partial charge in [0.1, 0.15) is 11.2 Å². The van der Waals surface area contributed by atoms with Gasteiger partial charge < -0.3 is 4.42 Å². The summed E-state index contributed by atoms with van der Waals surface area (Å²) in [6.45, 7) is 0. The zero-order chi connectivity index (χ0) is 29.5. The van der Waals surface area contributed by atoms with Gasteiger partial charge in [-0.3, -0.25) is 0 Å². The maximum atomic E-state index is 6.75. The number of aromatic nitrogens is 3. The first kappa shape index (κ1) is 24.3. The molecule has 1 aliphatic carbocycles. The minimum atomic E-state index is 0.628. The molecule has 10 rings (SSSR count). The predicted octanol–water partition coefficient (Wildman–Crippen LogP) is 10.7. The van der Waals surface area contributed by atoms with Crippen LogP contribution < -0.4 is 0 Å². The first-order valence-electron chi connectivity index (χ1n) is 15.1. The van der Waals surface area contributed by atoms with Crippen molar-refractivity contribution in [1.29, 1.82) is 0 Å². The number of hydrogen-bond acceptors (Lipinski definition) is 4. The molecule has 4 heteroatoms. The Kier molecular flexibility index (Phi) is 4.96. The average molecular weight is 574 g/mol. The molecular weight excluding hydrogens is 550 g/mol. The number of benzene rings is 7. The Morgan fingerprint density at radius 1 is 0.378 bits per heavy atom. The average Bonchev–Trinajstić information content (AvgIpc) is 3.66. The topological polar surface area (TPSA) is 51.8 Å². The summed E-state index contributed by atoms with van der Waals surface area (Å²) < 4.78 is 6.75. The van der Waals surface area contributed by atoms with Crippen molar-refractivity contribution in [2.75, 3.05) is 0 Å². The van der Waals surface area contributed by atoms with E-state index in [-0.39, 0.29) is 0 Å². The number of furan rings is 1. The molecule has 2 heterocycles. The molecule has 0 atom stereocenters. The second-order valence-electron chi connectivity index (χ2n) is 11.5. The molecule has 0 N–H and O–H groups in total. The Balaban J connectivity index is 1.39. The molecule has 0 spiro atoms. The fourth-order valence-electron chi connectivity index (χ4n) is 7.14. The van der Waals surface area contributed by atoms with Gasteiger partial charge in [-0.1, -0.05) is 133 Å². The highest BCUT2D eigenvalue weighted by atomic mass is 16.3. The van der Waals surface area contributed by atoms with E-state index in [2.05, 4.69) is 109 Å². The second-order valence-corrected chi connectivity index (χ2v) is 11.5. The molecule has 0 amide bonds. The van der Waals surface area contributed by atoms with Crippen molar-refractivity contribution < 1.29 is 4.42 Å². The van der Waals surface area contributed by atoms with Gasteiger partial charge in [-0.2, -0.15) is 0 Å². The van der Waals surface area contributed by atoms with E-state index < -0.39 is 0 Å². The van der Waals surface area contributed by atoms with Crippen LogP contribution in [0.15, 0.2) is 144 Å². The highest BCUT2D eigenvalue weighted by molar-refractivity contribution is 6.31. The summed E-state index contributed by atoms with van der Waals surface area (Å²) in [4.78, 5) is 15.6. The summed E-state index contributed by atoms with van der Waals surface area (Å²) in [5, 5.41) is 6.59. The Labute approximate surface area is 258 Å². The third-order valence-electron chi connectivity index (χ3n) is 9.06. The minimum Gasteiger partial charge on any atom is -0.455 e. The van der Waals surface area contributed by atoms with Crippen LogP contribution in [-0.4, -0.2) is 15.0 Å². The van der Waals surface area contributed by atoms with Crippen LogP contribution in [0.5, 0.6) is 0 Å². The molecule has 0 saturated carbocycles. The van der Waals surface area contributed by atoms with Crippen LogP contribution >= 0.6 is 0 Å². The van der Waals surface area contributed by atoms with E-state index in [4.69, 9.17) is 19.4 Å². The zero-order valence-corrected chi connectivity index (χ0v) is 24.0. The fraction of sp³-hybridized carbons (Fsp3) is 0. The van der Waals surface area contributed by atoms with Crippen molar-refractivity contribution in [2.45, 2.75) is 0 Å². The Bertz CT molecular complexity index is 2650. The number of para-hydroxylation sites is 1. The summed E-state index contributed by atoms with van der Waals surface area (Å²) in [5.41, 5.74) is 9.33. The number of rotatable bonds is 3. The van der Waals surface area contributed by atoms with Crippen molar-refractivity contribution >= 4 is 43.5 Å². The fourth-order valence-corrected chi connectivity index (χ4v) is 7.14. The molecular formula is C41H23N3O. The van der Waals surface area contributed by atoms with Gasteiger partial charge in [0.05, 0.1) is 0 Å². The summed E-state index contributed by atoms with van der Waals surface area (Å²) in [7, 11) is 0. The van der Waals surface area contributed by atoms with Gasteiger partial charge in [-0.05, 0) is 38.9 Å². The van der Waals surface area contributed by atoms with Crippen molar-refractivity contribution in [3.8, 4) is 56.4 Å². The molecule has 1 aliphatic rings. The van der Waals surface area contributed by atoms with Crippen molar-refractivity contribution in [1.82, 2.24) is 15.0 Å². The standard InChI is InChI=1S/C41H23N3O/c1-2-13-25(14-3-1)39-42-40(30-21-10-15-24-12-4-5-16-26(24)30)44-41(43-39)37-32-22-11-20-28-27-17-6-7-18-29(27)35(34(28)32)38-36(37)31-19-8-9-23-33(31)45-38/h1-23H. The van der Waals surface area contributed by atoms with Crippen LogP contribution in [0.1, 0.15) is 0 Å². The summed E-state index contributed by atoms with van der Waals surface area (Å²) in [6.07, 6.45) is 0. The van der Waals surface area contributed by atoms with Crippen LogP contribution in [-0.2, 0) is 0 Å². The van der Waals surface area contributed by atoms with Gasteiger partial charge in [0.25, 0.3) is 0 Å². The molecule has 0 bridgehead atoms. The number of hydrogen-bond donors (Lipinski definition) is 0. The number of nitrogens with zero attached hydrogens (tertiary/aromatic N) is 3. The van der Waals surface area contributed by atoms with Gasteiger partial charge in [-0.15, -0.1) is 0 Å². The van der Waals surface area contributed by atoms with Gasteiger partial charge in [0.2, 0.25) is 0 Å². The third-order valence-corrected chi connectivity index (χ3v) is 9.06. The van der Waals surface area contributed by atoms with Crippen molar-refractivity contribution in [3.05, 3.63) is 140 Å². The third kappa shape index (κ3) is 3.45. The van der Waals surface area contributed by atoms with E-state index in [1.807, 2.05) is 30.3 Å². The minimum absolute atomic E-state index is 0.628. The lowest BCUT2D eigenvalue weighted by Gasteiger charge is -2.14. The van der Waals surface area contributed by atoms with Gasteiger partial charge in [0.15, 0.2) is 17.5 Å². The summed E-state index contributed by atoms with van der Waals surface area (Å²) >= 11 is 0. The highest BCUT2D eigenvalue weighted by Gasteiger charge is 2.30. The molecule has 9 aromatic rings. The van der Waals surface area contributed by atoms with E-state index in [1.54, 1.807) is 0 Å². The predicted molar refractivity (Wildman–Crippen MR) is 183 cm³/mol. The van der Waals surface area contributed by atoms with Crippen LogP contribution in [0.3, 0.4) is 0 Å². The molecule has 0 unspecified atom stereocenters. The monoisotopic (exact) mass is 573 g/mol. The van der Waals surface area contributed by atoms with E-state index in [1.165, 1.54) is 22.1 Å². The first-order valence-corrected chi connectivity index (χ1v) is 15.1. The second kappa shape index (κ2) is 9.18. The Morgan fingerprint density at radius 2 is 1.00 bits per heavy atom. The maximum absolute atomic E-state index is 6.75. The summed E-state index contributed by atoms with van der Waals surface area (Å²) in [6, 6.07) is 48.3. The smallest absolute Gasteiger partial charge is 0.165 e. The van der Waals surface area contributed by atoms with Gasteiger partial charge in [0, 0.05) is 38.4 Å². The molecule has 4 nitrogen and oxygen atoms in total. The Hall–Kier alpha value is -6.13. The SMILES string of the molecule is c1ccc(-c2nc(-c3cccc4ccccc34)nc(-c3c4cccc5c4c(c4oc6ccccc6c34)-c3ccccc3-5)n2)cc1.